The van der Waals surface area contributed by atoms with E-state index in [0.717, 1.165) is 128 Å². The minimum Gasteiger partial charge on any atom is -0.463 e. The molecule has 0 radical (unpaired) electrons. The Kier molecular flexibility index (Phi) is 68.8. The third kappa shape index (κ3) is 73.0. The zero-order valence-corrected chi connectivity index (χ0v) is 62.5. The van der Waals surface area contributed by atoms with Gasteiger partial charge >= 0.3 is 33.6 Å². The molecule has 0 aliphatic rings. The molecule has 97 heavy (non-hydrogen) atoms. The van der Waals surface area contributed by atoms with Crippen LogP contribution in [-0.2, 0) is 55.8 Å². The van der Waals surface area contributed by atoms with Gasteiger partial charge in [-0.15, -0.1) is 0 Å². The Hall–Kier alpha value is -4.05. The zero-order valence-electron chi connectivity index (χ0n) is 60.7. The van der Waals surface area contributed by atoms with E-state index in [1.807, 2.05) is 0 Å². The number of phosphoric ester groups is 2. The van der Waals surface area contributed by atoms with E-state index >= 15 is 0 Å². The van der Waals surface area contributed by atoms with E-state index in [4.69, 9.17) is 32.3 Å². The number of phosphoric acid groups is 2. The molecule has 0 saturated carbocycles. The molecule has 18 heteroatoms. The van der Waals surface area contributed by atoms with Crippen LogP contribution in [0.2, 0.25) is 0 Å². The van der Waals surface area contributed by atoms with E-state index in [0.29, 0.717) is 19.3 Å². The van der Waals surface area contributed by atoms with Crippen molar-refractivity contribution in [3.8, 4) is 0 Å². The number of aliphatic hydroxyl groups excluding tert-OH is 2. The minimum absolute atomic E-state index is 0.0844. The number of hydrogen-bond donors (Lipinski definition) is 4. The van der Waals surface area contributed by atoms with Crippen LogP contribution in [0.1, 0.15) is 303 Å². The molecule has 0 saturated heterocycles. The molecule has 5 unspecified atom stereocenters. The first-order valence-corrected chi connectivity index (χ1v) is 40.8. The molecule has 0 aromatic carbocycles. The highest BCUT2D eigenvalue weighted by molar-refractivity contribution is 7.47. The summed E-state index contributed by atoms with van der Waals surface area (Å²) in [5.74, 6) is -1.62. The topological polar surface area (TPSA) is 231 Å². The van der Waals surface area contributed by atoms with Crippen molar-refractivity contribution in [3.05, 3.63) is 122 Å². The fourth-order valence-electron chi connectivity index (χ4n) is 9.86. The number of ether oxygens (including phenoxy) is 3. The monoisotopic (exact) mass is 1400 g/mol. The van der Waals surface area contributed by atoms with Crippen molar-refractivity contribution in [2.24, 2.45) is 0 Å². The molecular formula is C79H136O16P2. The number of rotatable bonds is 71. The summed E-state index contributed by atoms with van der Waals surface area (Å²) in [4.78, 5) is 58.4. The molecule has 0 bridgehead atoms. The summed E-state index contributed by atoms with van der Waals surface area (Å²) in [5, 5.41) is 20.6. The van der Waals surface area contributed by atoms with Crippen LogP contribution >= 0.6 is 15.6 Å². The summed E-state index contributed by atoms with van der Waals surface area (Å²) < 4.78 is 60.9. The molecule has 0 heterocycles. The van der Waals surface area contributed by atoms with Gasteiger partial charge in [0.05, 0.1) is 26.4 Å². The number of allylic oxidation sites excluding steroid dienone is 20. The van der Waals surface area contributed by atoms with E-state index in [9.17, 15) is 43.5 Å². The maximum Gasteiger partial charge on any atom is 0.472 e. The van der Waals surface area contributed by atoms with E-state index in [1.165, 1.54) is 116 Å². The number of aliphatic hydroxyl groups is 2. The fraction of sp³-hybridized carbons (Fsp3) is 0.709. The average molecular weight is 1400 g/mol. The zero-order chi connectivity index (χ0) is 70.9. The quantitative estimate of drug-likeness (QED) is 0.0146. The molecule has 0 fully saturated rings. The van der Waals surface area contributed by atoms with Gasteiger partial charge in [0.1, 0.15) is 25.4 Å². The third-order valence-electron chi connectivity index (χ3n) is 15.6. The van der Waals surface area contributed by atoms with Crippen molar-refractivity contribution < 1.29 is 75.8 Å². The second-order valence-electron chi connectivity index (χ2n) is 25.1. The molecule has 0 rings (SSSR count). The normalized spacial score (nSPS) is 14.8. The summed E-state index contributed by atoms with van der Waals surface area (Å²) in [6.07, 6.45) is 84.2. The summed E-state index contributed by atoms with van der Waals surface area (Å²) >= 11 is 0. The summed E-state index contributed by atoms with van der Waals surface area (Å²) in [6, 6.07) is 0. The Bertz CT molecular complexity index is 2250. The lowest BCUT2D eigenvalue weighted by Gasteiger charge is -2.21. The van der Waals surface area contributed by atoms with Gasteiger partial charge in [-0.1, -0.05) is 277 Å². The van der Waals surface area contributed by atoms with Gasteiger partial charge in [0.25, 0.3) is 0 Å². The average Bonchev–Trinajstić information content (AvgIpc) is 3.19. The number of carbonyl (C=O) groups excluding carboxylic acids is 3. The van der Waals surface area contributed by atoms with Gasteiger partial charge in [0, 0.05) is 19.3 Å². The molecular weight excluding hydrogens is 1270 g/mol. The Balaban J connectivity index is 4.42. The second-order valence-corrected chi connectivity index (χ2v) is 28.0. The molecule has 558 valence electrons. The lowest BCUT2D eigenvalue weighted by Crippen LogP contribution is -2.30. The Morgan fingerprint density at radius 2 is 0.557 bits per heavy atom. The summed E-state index contributed by atoms with van der Waals surface area (Å²) in [7, 11) is -9.79. The van der Waals surface area contributed by atoms with Crippen LogP contribution in [0.15, 0.2) is 122 Å². The van der Waals surface area contributed by atoms with Gasteiger partial charge in [-0.05, 0) is 128 Å². The predicted molar refractivity (Wildman–Crippen MR) is 399 cm³/mol. The number of unbranched alkanes of at least 4 members (excludes halogenated alkanes) is 28. The van der Waals surface area contributed by atoms with Crippen molar-refractivity contribution in [2.75, 3.05) is 39.6 Å². The molecule has 16 nitrogen and oxygen atoms in total. The lowest BCUT2D eigenvalue weighted by atomic mass is 10.0. The van der Waals surface area contributed by atoms with Crippen LogP contribution < -0.4 is 0 Å². The third-order valence-corrected chi connectivity index (χ3v) is 17.5. The van der Waals surface area contributed by atoms with Crippen molar-refractivity contribution in [1.82, 2.24) is 0 Å². The molecule has 0 aromatic rings. The molecule has 0 aliphatic heterocycles. The first kappa shape index (κ1) is 93.0. The first-order valence-electron chi connectivity index (χ1n) is 37.8. The van der Waals surface area contributed by atoms with Gasteiger partial charge in [0.2, 0.25) is 0 Å². The predicted octanol–water partition coefficient (Wildman–Crippen LogP) is 21.8. The Morgan fingerprint density at radius 3 is 0.918 bits per heavy atom. The largest absolute Gasteiger partial charge is 0.472 e. The molecule has 4 N–H and O–H groups in total. The Morgan fingerprint density at radius 1 is 0.299 bits per heavy atom. The SMILES string of the molecule is CC/C=C\C/C=C\C/C=C\C/C=C\C/C=C\CCCCCC(=O)OCC(COP(=O)(O)OCC(O)COP(=O)(O)OCC(O)COC(=O)CCCCCCCCCCCCCCCCC/C=C\C/C=C\C/C=C\C/C=C\CCCCC)OC(=O)CCCCCCC/C=C\CCCC. The van der Waals surface area contributed by atoms with Gasteiger partial charge in [-0.25, -0.2) is 9.13 Å². The van der Waals surface area contributed by atoms with Gasteiger partial charge in [-0.2, -0.15) is 0 Å². The van der Waals surface area contributed by atoms with Crippen LogP contribution in [0.25, 0.3) is 0 Å². The first-order chi connectivity index (χ1) is 47.2. The van der Waals surface area contributed by atoms with Crippen LogP contribution in [0, 0.1) is 0 Å². The van der Waals surface area contributed by atoms with Crippen LogP contribution in [-0.4, -0.2) is 95.9 Å². The second kappa shape index (κ2) is 71.8. The van der Waals surface area contributed by atoms with Crippen molar-refractivity contribution in [3.63, 3.8) is 0 Å². The van der Waals surface area contributed by atoms with Crippen molar-refractivity contribution >= 4 is 33.6 Å². The van der Waals surface area contributed by atoms with Gasteiger partial charge < -0.3 is 34.2 Å². The van der Waals surface area contributed by atoms with Gasteiger partial charge in [0.15, 0.2) is 6.10 Å². The number of carbonyl (C=O) groups is 3. The maximum atomic E-state index is 12.9. The number of hydrogen-bond acceptors (Lipinski definition) is 14. The molecule has 5 atom stereocenters. The van der Waals surface area contributed by atoms with Gasteiger partial charge in [-0.3, -0.25) is 32.5 Å². The molecule has 0 aliphatic carbocycles. The maximum absolute atomic E-state index is 12.9. The van der Waals surface area contributed by atoms with Crippen LogP contribution in [0.5, 0.6) is 0 Å². The molecule has 0 amide bonds. The lowest BCUT2D eigenvalue weighted by molar-refractivity contribution is -0.161. The van der Waals surface area contributed by atoms with Crippen molar-refractivity contribution in [1.29, 1.82) is 0 Å². The van der Waals surface area contributed by atoms with Crippen molar-refractivity contribution in [2.45, 2.75) is 322 Å². The molecule has 0 aromatic heterocycles. The van der Waals surface area contributed by atoms with E-state index in [-0.39, 0.29) is 19.3 Å². The number of esters is 3. The minimum atomic E-state index is -4.93. The Labute approximate surface area is 589 Å². The smallest absolute Gasteiger partial charge is 0.463 e. The summed E-state index contributed by atoms with van der Waals surface area (Å²) in [6.45, 7) is 2.44. The highest BCUT2D eigenvalue weighted by Crippen LogP contribution is 2.45. The van der Waals surface area contributed by atoms with Crippen LogP contribution in [0.3, 0.4) is 0 Å². The fourth-order valence-corrected chi connectivity index (χ4v) is 11.4. The van der Waals surface area contributed by atoms with Crippen LogP contribution in [0.4, 0.5) is 0 Å². The highest BCUT2D eigenvalue weighted by Gasteiger charge is 2.29. The summed E-state index contributed by atoms with van der Waals surface area (Å²) in [5.41, 5.74) is 0. The van der Waals surface area contributed by atoms with E-state index < -0.39 is 91.5 Å². The standard InChI is InChI=1S/C79H136O16P2/c1-4-7-10-13-16-19-22-24-26-28-30-31-32-33-34-35-36-37-38-39-40-41-43-45-46-48-51-53-56-59-62-65-77(82)89-68-74(80)69-91-96(85,86)92-70-75(81)71-93-97(87,88)94-73-76(95-79(84)67-64-61-58-55-50-21-18-15-12-9-6-3)72-90-78(83)66-63-60-57-54-52-49-47-44-42-29-27-25-23-20-17-14-11-8-5-2/h8,11,15-20,24-27,30-31,33-34,42,44,49,52,74-76,80-81H,4-7,9-10,12-14,21-23,28-29,32,35-41,43,45-48,50-51,53-73H2,1-3H3,(H,85,86)(H,87,88)/b11-8-,18-15-,19-16-,20-17-,26-24-,27-25-,31-30-,34-33-,44-42-,52-49-. The van der Waals surface area contributed by atoms with E-state index in [2.05, 4.69) is 142 Å². The van der Waals surface area contributed by atoms with E-state index in [1.54, 1.807) is 0 Å². The molecule has 0 spiro atoms. The highest BCUT2D eigenvalue weighted by atomic mass is 31.2.